The minimum absolute atomic E-state index is 0.0840. The number of non-ortho nitro benzene ring substituents is 1. The van der Waals surface area contributed by atoms with E-state index >= 15 is 0 Å². The molecule has 0 bridgehead atoms. The van der Waals surface area contributed by atoms with E-state index in [1.54, 1.807) is 12.1 Å². The first kappa shape index (κ1) is 26.5. The molecule has 2 saturated heterocycles. The molecular formula is C22H28N4O8S2. The number of piperidine rings is 1. The average molecular weight is 541 g/mol. The number of aliphatic hydroxyl groups excluding tert-OH is 1. The highest BCUT2D eigenvalue weighted by Gasteiger charge is 2.66. The quantitative estimate of drug-likeness (QED) is 0.246. The summed E-state index contributed by atoms with van der Waals surface area (Å²) in [6.07, 6.45) is 0.416. The van der Waals surface area contributed by atoms with Crippen molar-refractivity contribution in [3.05, 3.63) is 50.5 Å². The SMILES string of the molecule is C[C@@H](O)[C@H]1C(=O)N2C(C(=O)O)=C(SC3CCCN(S(N)(=O)=O)C3)[C@](C)(Cc3ccc([N+](=O)[O-])cc3)[C@H]12. The number of hydrogen-bond acceptors (Lipinski definition) is 8. The Labute approximate surface area is 212 Å². The number of carboxylic acid groups (broad SMARTS) is 1. The number of carbonyl (C=O) groups excluding carboxylic acids is 1. The maximum atomic E-state index is 13.0. The highest BCUT2D eigenvalue weighted by Crippen LogP contribution is 2.59. The number of nitro groups is 1. The molecule has 0 aliphatic carbocycles. The van der Waals surface area contributed by atoms with Gasteiger partial charge in [-0.1, -0.05) is 19.1 Å². The fourth-order valence-corrected chi connectivity index (χ4v) is 8.06. The van der Waals surface area contributed by atoms with Crippen LogP contribution in [0, 0.1) is 21.4 Å². The van der Waals surface area contributed by atoms with Crippen LogP contribution in [0.4, 0.5) is 5.69 Å². The van der Waals surface area contributed by atoms with Crippen LogP contribution in [0.2, 0.25) is 0 Å². The molecule has 5 atom stereocenters. The Morgan fingerprint density at radius 1 is 1.36 bits per heavy atom. The van der Waals surface area contributed by atoms with Crippen molar-refractivity contribution in [1.29, 1.82) is 0 Å². The molecule has 36 heavy (non-hydrogen) atoms. The smallest absolute Gasteiger partial charge is 0.353 e. The lowest BCUT2D eigenvalue weighted by atomic mass is 9.67. The van der Waals surface area contributed by atoms with Crippen LogP contribution >= 0.6 is 11.8 Å². The average Bonchev–Trinajstić information content (AvgIpc) is 2.98. The summed E-state index contributed by atoms with van der Waals surface area (Å²) in [5.41, 5.74) is -0.483. The molecule has 1 unspecified atom stereocenters. The van der Waals surface area contributed by atoms with Gasteiger partial charge >= 0.3 is 5.97 Å². The highest BCUT2D eigenvalue weighted by atomic mass is 32.2. The van der Waals surface area contributed by atoms with E-state index in [-0.39, 0.29) is 36.1 Å². The molecule has 2 fully saturated rings. The molecule has 3 heterocycles. The van der Waals surface area contributed by atoms with E-state index in [1.807, 2.05) is 6.92 Å². The molecule has 196 valence electrons. The van der Waals surface area contributed by atoms with E-state index in [1.165, 1.54) is 35.7 Å². The Hall–Kier alpha value is -2.52. The molecule has 12 nitrogen and oxygen atoms in total. The van der Waals surface area contributed by atoms with Gasteiger partial charge in [0.25, 0.3) is 15.9 Å². The van der Waals surface area contributed by atoms with Crippen LogP contribution in [0.25, 0.3) is 0 Å². The first-order chi connectivity index (χ1) is 16.8. The number of amides is 1. The topological polar surface area (TPSA) is 184 Å². The number of nitro benzene ring substituents is 1. The summed E-state index contributed by atoms with van der Waals surface area (Å²) in [5, 5.41) is 36.6. The summed E-state index contributed by atoms with van der Waals surface area (Å²) < 4.78 is 25.0. The number of rotatable bonds is 8. The summed E-state index contributed by atoms with van der Waals surface area (Å²) >= 11 is 1.24. The van der Waals surface area contributed by atoms with Gasteiger partial charge < -0.3 is 15.1 Å². The molecule has 0 spiro atoms. The van der Waals surface area contributed by atoms with Crippen LogP contribution in [0.5, 0.6) is 0 Å². The van der Waals surface area contributed by atoms with Gasteiger partial charge in [-0.2, -0.15) is 12.7 Å². The molecule has 4 N–H and O–H groups in total. The van der Waals surface area contributed by atoms with Gasteiger partial charge in [-0.3, -0.25) is 14.9 Å². The van der Waals surface area contributed by atoms with Crippen molar-refractivity contribution in [3.63, 3.8) is 0 Å². The molecule has 14 heteroatoms. The van der Waals surface area contributed by atoms with Crippen molar-refractivity contribution < 1.29 is 33.1 Å². The zero-order chi connectivity index (χ0) is 26.6. The molecule has 4 rings (SSSR count). The lowest BCUT2D eigenvalue weighted by Crippen LogP contribution is -2.66. The predicted octanol–water partition coefficient (Wildman–Crippen LogP) is 1.06. The normalized spacial score (nSPS) is 29.6. The minimum Gasteiger partial charge on any atom is -0.477 e. The largest absolute Gasteiger partial charge is 0.477 e. The third-order valence-electron chi connectivity index (χ3n) is 7.19. The first-order valence-corrected chi connectivity index (χ1v) is 13.8. The number of fused-ring (bicyclic) bond motifs is 1. The van der Waals surface area contributed by atoms with Crippen LogP contribution in [0.3, 0.4) is 0 Å². The Morgan fingerprint density at radius 3 is 2.53 bits per heavy atom. The number of nitrogens with two attached hydrogens (primary N) is 1. The summed E-state index contributed by atoms with van der Waals surface area (Å²) in [5.74, 6) is -2.58. The van der Waals surface area contributed by atoms with E-state index < -0.39 is 50.5 Å². The summed E-state index contributed by atoms with van der Waals surface area (Å²) in [7, 11) is -3.91. The van der Waals surface area contributed by atoms with Crippen molar-refractivity contribution in [2.75, 3.05) is 13.1 Å². The monoisotopic (exact) mass is 540 g/mol. The molecule has 1 aromatic rings. The number of hydrogen-bond donors (Lipinski definition) is 3. The third-order valence-corrected chi connectivity index (χ3v) is 9.86. The van der Waals surface area contributed by atoms with Gasteiger partial charge in [0.2, 0.25) is 5.91 Å². The maximum absolute atomic E-state index is 13.0. The van der Waals surface area contributed by atoms with Gasteiger partial charge in [0.15, 0.2) is 0 Å². The number of carbonyl (C=O) groups is 2. The number of aliphatic carboxylic acids is 1. The second kappa shape index (κ2) is 9.41. The van der Waals surface area contributed by atoms with Crippen LogP contribution in [-0.4, -0.2) is 75.1 Å². The standard InChI is InChI=1S/C22H28N4O8S2/c1-12(27)16-18-22(2,10-13-5-7-14(8-6-13)26(31)32)19(17(21(29)30)25(18)20(16)28)35-15-4-3-9-24(11-15)36(23,33)34/h5-8,12,15-16,18,27H,3-4,9-11H2,1-2H3,(H,29,30)(H2,23,33,34)/t12-,15?,16-,18+,22-/m1/s1. The Kier molecular flexibility index (Phi) is 6.94. The van der Waals surface area contributed by atoms with Gasteiger partial charge in [-0.05, 0) is 31.7 Å². The second-order valence-corrected chi connectivity index (χ2v) is 12.6. The van der Waals surface area contributed by atoms with Gasteiger partial charge in [-0.25, -0.2) is 9.93 Å². The minimum atomic E-state index is -3.91. The third kappa shape index (κ3) is 4.52. The van der Waals surface area contributed by atoms with Crippen molar-refractivity contribution in [3.8, 4) is 0 Å². The number of benzene rings is 1. The van der Waals surface area contributed by atoms with Crippen LogP contribution < -0.4 is 5.14 Å². The Morgan fingerprint density at radius 2 is 2.00 bits per heavy atom. The maximum Gasteiger partial charge on any atom is 0.353 e. The molecule has 3 aliphatic heterocycles. The van der Waals surface area contributed by atoms with Crippen LogP contribution in [-0.2, 0) is 26.2 Å². The molecule has 1 aromatic carbocycles. The zero-order valence-electron chi connectivity index (χ0n) is 19.7. The summed E-state index contributed by atoms with van der Waals surface area (Å²) in [4.78, 5) is 37.6. The van der Waals surface area contributed by atoms with E-state index in [0.29, 0.717) is 23.3 Å². The highest BCUT2D eigenvalue weighted by molar-refractivity contribution is 8.03. The van der Waals surface area contributed by atoms with Crippen LogP contribution in [0.15, 0.2) is 34.9 Å². The predicted molar refractivity (Wildman–Crippen MR) is 131 cm³/mol. The van der Waals surface area contributed by atoms with Gasteiger partial charge in [-0.15, -0.1) is 11.8 Å². The Balaban J connectivity index is 1.75. The molecule has 1 amide bonds. The molecule has 0 radical (unpaired) electrons. The van der Waals surface area contributed by atoms with Crippen LogP contribution in [0.1, 0.15) is 32.3 Å². The molecular weight excluding hydrogens is 512 g/mol. The number of β-lactam (4-membered cyclic amide) rings is 1. The number of aliphatic hydroxyl groups is 1. The summed E-state index contributed by atoms with van der Waals surface area (Å²) in [6.45, 7) is 3.69. The molecule has 0 aromatic heterocycles. The Bertz CT molecular complexity index is 1230. The zero-order valence-corrected chi connectivity index (χ0v) is 21.4. The fourth-order valence-electron chi connectivity index (χ4n) is 5.56. The summed E-state index contributed by atoms with van der Waals surface area (Å²) in [6, 6.07) is 5.28. The fraction of sp³-hybridized carbons (Fsp3) is 0.545. The van der Waals surface area contributed by atoms with Gasteiger partial charge in [0.1, 0.15) is 5.70 Å². The lowest BCUT2D eigenvalue weighted by molar-refractivity contribution is -0.384. The number of thioether (sulfide) groups is 1. The van der Waals surface area contributed by atoms with E-state index in [4.69, 9.17) is 5.14 Å². The van der Waals surface area contributed by atoms with E-state index in [9.17, 15) is 38.3 Å². The molecule has 3 aliphatic rings. The van der Waals surface area contributed by atoms with Gasteiger partial charge in [0.05, 0.1) is 23.0 Å². The second-order valence-electron chi connectivity index (χ2n) is 9.71. The van der Waals surface area contributed by atoms with Crippen molar-refractivity contribution in [2.24, 2.45) is 16.5 Å². The number of carboxylic acids is 1. The molecule has 0 saturated carbocycles. The number of nitrogens with zero attached hydrogens (tertiary/aromatic N) is 3. The lowest BCUT2D eigenvalue weighted by Gasteiger charge is -2.51. The van der Waals surface area contributed by atoms with Gasteiger partial charge in [0, 0.05) is 40.8 Å². The van der Waals surface area contributed by atoms with E-state index in [0.717, 1.165) is 4.31 Å². The van der Waals surface area contributed by atoms with Crippen molar-refractivity contribution in [2.45, 2.75) is 50.5 Å². The first-order valence-electron chi connectivity index (χ1n) is 11.4. The van der Waals surface area contributed by atoms with Crippen molar-refractivity contribution in [1.82, 2.24) is 9.21 Å². The van der Waals surface area contributed by atoms with E-state index in [2.05, 4.69) is 0 Å². The van der Waals surface area contributed by atoms with Crippen molar-refractivity contribution >= 4 is 39.5 Å².